The van der Waals surface area contributed by atoms with Crippen molar-refractivity contribution in [2.75, 3.05) is 31.6 Å². The zero-order valence-electron chi connectivity index (χ0n) is 15.3. The molecule has 0 saturated carbocycles. The quantitative estimate of drug-likeness (QED) is 0.864. The van der Waals surface area contributed by atoms with Gasteiger partial charge in [0.25, 0.3) is 5.91 Å². The molecule has 1 aromatic heterocycles. The fraction of sp³-hybridized carbons (Fsp3) is 0.450. The van der Waals surface area contributed by atoms with E-state index in [0.29, 0.717) is 12.2 Å². The van der Waals surface area contributed by atoms with Gasteiger partial charge in [-0.2, -0.15) is 0 Å². The number of aromatic nitrogens is 2. The van der Waals surface area contributed by atoms with Crippen LogP contribution in [0.15, 0.2) is 36.7 Å². The third kappa shape index (κ3) is 4.94. The summed E-state index contributed by atoms with van der Waals surface area (Å²) in [5.41, 5.74) is 1.47. The Kier molecular flexibility index (Phi) is 6.41. The molecule has 138 valence electrons. The molecule has 6 nitrogen and oxygen atoms in total. The molecule has 0 bridgehead atoms. The van der Waals surface area contributed by atoms with Crippen LogP contribution >= 0.6 is 0 Å². The Morgan fingerprint density at radius 2 is 1.96 bits per heavy atom. The van der Waals surface area contributed by atoms with E-state index in [9.17, 15) is 4.79 Å². The van der Waals surface area contributed by atoms with Crippen molar-refractivity contribution in [3.8, 4) is 5.75 Å². The highest BCUT2D eigenvalue weighted by Gasteiger charge is 2.13. The predicted molar refractivity (Wildman–Crippen MR) is 102 cm³/mol. The smallest absolute Gasteiger partial charge is 0.271 e. The van der Waals surface area contributed by atoms with Crippen LogP contribution in [0.25, 0.3) is 0 Å². The summed E-state index contributed by atoms with van der Waals surface area (Å²) in [6.45, 7) is 2.57. The van der Waals surface area contributed by atoms with Crippen LogP contribution in [0.3, 0.4) is 0 Å². The molecule has 1 aliphatic rings. The standard InChI is InChI=1S/C20H26N4O2/c1-26-17-8-6-7-16(13-17)9-10-21-20(25)18-14-23-19(15-22-18)24-11-4-2-3-5-12-24/h6-8,13-15H,2-5,9-12H2,1H3,(H,21,25). The number of nitrogens with zero attached hydrogens (tertiary/aromatic N) is 3. The topological polar surface area (TPSA) is 67.3 Å². The summed E-state index contributed by atoms with van der Waals surface area (Å²) >= 11 is 0. The lowest BCUT2D eigenvalue weighted by molar-refractivity contribution is 0.0949. The maximum absolute atomic E-state index is 12.2. The molecule has 0 spiro atoms. The number of benzene rings is 1. The minimum absolute atomic E-state index is 0.192. The lowest BCUT2D eigenvalue weighted by Gasteiger charge is -2.20. The van der Waals surface area contributed by atoms with E-state index in [1.165, 1.54) is 25.7 Å². The van der Waals surface area contributed by atoms with Crippen molar-refractivity contribution in [1.29, 1.82) is 0 Å². The van der Waals surface area contributed by atoms with Gasteiger partial charge in [-0.3, -0.25) is 4.79 Å². The van der Waals surface area contributed by atoms with E-state index in [1.807, 2.05) is 24.3 Å². The van der Waals surface area contributed by atoms with Gasteiger partial charge in [0, 0.05) is 19.6 Å². The van der Waals surface area contributed by atoms with E-state index in [-0.39, 0.29) is 5.91 Å². The summed E-state index contributed by atoms with van der Waals surface area (Å²) < 4.78 is 5.21. The van der Waals surface area contributed by atoms with Gasteiger partial charge >= 0.3 is 0 Å². The Bertz CT molecular complexity index is 710. The summed E-state index contributed by atoms with van der Waals surface area (Å²) in [6, 6.07) is 7.85. The summed E-state index contributed by atoms with van der Waals surface area (Å²) in [5, 5.41) is 2.90. The van der Waals surface area contributed by atoms with E-state index in [4.69, 9.17) is 4.74 Å². The minimum atomic E-state index is -0.192. The van der Waals surface area contributed by atoms with Gasteiger partial charge in [0.1, 0.15) is 17.3 Å². The zero-order chi connectivity index (χ0) is 18.2. The first-order valence-electron chi connectivity index (χ1n) is 9.24. The molecular formula is C20H26N4O2. The molecule has 0 radical (unpaired) electrons. The second-order valence-electron chi connectivity index (χ2n) is 6.52. The number of ether oxygens (including phenoxy) is 1. The van der Waals surface area contributed by atoms with Crippen molar-refractivity contribution in [3.05, 3.63) is 47.9 Å². The summed E-state index contributed by atoms with van der Waals surface area (Å²) in [4.78, 5) is 23.2. The molecule has 0 aliphatic carbocycles. The summed E-state index contributed by atoms with van der Waals surface area (Å²) in [7, 11) is 1.65. The third-order valence-electron chi connectivity index (χ3n) is 4.63. The minimum Gasteiger partial charge on any atom is -0.497 e. The Hall–Kier alpha value is -2.63. The second kappa shape index (κ2) is 9.17. The Labute approximate surface area is 154 Å². The Balaban J connectivity index is 1.51. The maximum Gasteiger partial charge on any atom is 0.271 e. The number of hydrogen-bond donors (Lipinski definition) is 1. The third-order valence-corrected chi connectivity index (χ3v) is 4.63. The van der Waals surface area contributed by atoms with Crippen LogP contribution in [0.5, 0.6) is 5.75 Å². The zero-order valence-corrected chi connectivity index (χ0v) is 15.3. The summed E-state index contributed by atoms with van der Waals surface area (Å²) in [5.74, 6) is 1.49. The van der Waals surface area contributed by atoms with Gasteiger partial charge in [0.15, 0.2) is 0 Å². The van der Waals surface area contributed by atoms with Crippen LogP contribution in [-0.2, 0) is 6.42 Å². The number of hydrogen-bond acceptors (Lipinski definition) is 5. The molecule has 1 aliphatic heterocycles. The number of methoxy groups -OCH3 is 1. The monoisotopic (exact) mass is 354 g/mol. The van der Waals surface area contributed by atoms with E-state index < -0.39 is 0 Å². The molecule has 2 aromatic rings. The molecule has 2 heterocycles. The number of anilines is 1. The molecule has 0 unspecified atom stereocenters. The van der Waals surface area contributed by atoms with Crippen LogP contribution in [0.1, 0.15) is 41.7 Å². The number of carbonyl (C=O) groups excluding carboxylic acids is 1. The number of carbonyl (C=O) groups is 1. The van der Waals surface area contributed by atoms with Crippen LogP contribution in [0.2, 0.25) is 0 Å². The van der Waals surface area contributed by atoms with Crippen LogP contribution in [0, 0.1) is 0 Å². The van der Waals surface area contributed by atoms with Gasteiger partial charge in [0.2, 0.25) is 0 Å². The molecule has 26 heavy (non-hydrogen) atoms. The molecule has 1 fully saturated rings. The highest BCUT2D eigenvalue weighted by atomic mass is 16.5. The van der Waals surface area contributed by atoms with Gasteiger partial charge in [-0.25, -0.2) is 9.97 Å². The molecule has 1 aromatic carbocycles. The average Bonchev–Trinajstić information content (AvgIpc) is 2.98. The first-order valence-corrected chi connectivity index (χ1v) is 9.24. The molecule has 1 saturated heterocycles. The van der Waals surface area contributed by atoms with Gasteiger partial charge in [-0.15, -0.1) is 0 Å². The van der Waals surface area contributed by atoms with E-state index in [1.54, 1.807) is 19.5 Å². The van der Waals surface area contributed by atoms with Crippen LogP contribution in [-0.4, -0.2) is 42.6 Å². The second-order valence-corrected chi connectivity index (χ2v) is 6.52. The molecule has 3 rings (SSSR count). The first-order chi connectivity index (χ1) is 12.8. The Morgan fingerprint density at radius 1 is 1.15 bits per heavy atom. The number of nitrogens with one attached hydrogen (secondary N) is 1. The number of rotatable bonds is 6. The largest absolute Gasteiger partial charge is 0.497 e. The lowest BCUT2D eigenvalue weighted by Crippen LogP contribution is -2.28. The van der Waals surface area contributed by atoms with Crippen LogP contribution in [0.4, 0.5) is 5.82 Å². The van der Waals surface area contributed by atoms with Crippen molar-refractivity contribution in [2.24, 2.45) is 0 Å². The van der Waals surface area contributed by atoms with E-state index in [2.05, 4.69) is 20.2 Å². The molecule has 1 amide bonds. The highest BCUT2D eigenvalue weighted by molar-refractivity contribution is 5.92. The van der Waals surface area contributed by atoms with Gasteiger partial charge in [-0.1, -0.05) is 25.0 Å². The molecule has 1 N–H and O–H groups in total. The van der Waals surface area contributed by atoms with Crippen molar-refractivity contribution < 1.29 is 9.53 Å². The van der Waals surface area contributed by atoms with Crippen molar-refractivity contribution in [3.63, 3.8) is 0 Å². The summed E-state index contributed by atoms with van der Waals surface area (Å²) in [6.07, 6.45) is 8.95. The van der Waals surface area contributed by atoms with Gasteiger partial charge in [0.05, 0.1) is 19.5 Å². The average molecular weight is 354 g/mol. The van der Waals surface area contributed by atoms with E-state index in [0.717, 1.165) is 36.6 Å². The highest BCUT2D eigenvalue weighted by Crippen LogP contribution is 2.16. The van der Waals surface area contributed by atoms with E-state index >= 15 is 0 Å². The van der Waals surface area contributed by atoms with Crippen molar-refractivity contribution >= 4 is 11.7 Å². The normalized spacial score (nSPS) is 14.6. The maximum atomic E-state index is 12.2. The van der Waals surface area contributed by atoms with Gasteiger partial charge < -0.3 is 15.0 Å². The SMILES string of the molecule is COc1cccc(CCNC(=O)c2cnc(N3CCCCCC3)cn2)c1. The van der Waals surface area contributed by atoms with Crippen molar-refractivity contribution in [1.82, 2.24) is 15.3 Å². The molecule has 6 heteroatoms. The number of amides is 1. The Morgan fingerprint density at radius 3 is 2.65 bits per heavy atom. The first kappa shape index (κ1) is 18.2. The molecule has 0 atom stereocenters. The predicted octanol–water partition coefficient (Wildman–Crippen LogP) is 2.84. The van der Waals surface area contributed by atoms with Crippen LogP contribution < -0.4 is 15.0 Å². The fourth-order valence-corrected chi connectivity index (χ4v) is 3.14. The van der Waals surface area contributed by atoms with Crippen molar-refractivity contribution in [2.45, 2.75) is 32.1 Å². The van der Waals surface area contributed by atoms with Gasteiger partial charge in [-0.05, 0) is 37.0 Å². The molecular weight excluding hydrogens is 328 g/mol. The fourth-order valence-electron chi connectivity index (χ4n) is 3.14. The lowest BCUT2D eigenvalue weighted by atomic mass is 10.1.